The lowest BCUT2D eigenvalue weighted by molar-refractivity contribution is -0.143. The van der Waals surface area contributed by atoms with Gasteiger partial charge in [-0.25, -0.2) is 9.67 Å². The number of esters is 1. The smallest absolute Gasteiger partial charge is 0.326 e. The Kier molecular flexibility index (Phi) is 3.81. The molecule has 0 aliphatic heterocycles. The Hall–Kier alpha value is -3.00. The molecular weight excluding hydrogens is 344 g/mol. The molecule has 0 saturated heterocycles. The molecule has 25 heavy (non-hydrogen) atoms. The van der Waals surface area contributed by atoms with Crippen LogP contribution in [0.2, 0.25) is 5.28 Å². The van der Waals surface area contributed by atoms with E-state index in [2.05, 4.69) is 20.1 Å². The van der Waals surface area contributed by atoms with Gasteiger partial charge in [-0.2, -0.15) is 15.1 Å². The number of para-hydroxylation sites is 1. The van der Waals surface area contributed by atoms with E-state index in [0.717, 1.165) is 10.9 Å². The molecule has 9 heteroatoms. The van der Waals surface area contributed by atoms with Crippen LogP contribution in [-0.2, 0) is 16.1 Å². The van der Waals surface area contributed by atoms with Crippen molar-refractivity contribution in [2.24, 2.45) is 0 Å². The molecule has 4 aromatic rings. The zero-order valence-corrected chi connectivity index (χ0v) is 14.0. The largest absolute Gasteiger partial charge is 0.465 e. The minimum absolute atomic E-state index is 0.00152. The molecule has 0 aliphatic carbocycles. The maximum Gasteiger partial charge on any atom is 0.326 e. The van der Waals surface area contributed by atoms with Crippen LogP contribution in [0, 0.1) is 0 Å². The lowest BCUT2D eigenvalue weighted by atomic mass is 10.2. The fourth-order valence-corrected chi connectivity index (χ4v) is 2.85. The second-order valence-corrected chi connectivity index (χ2v) is 5.62. The number of hydrogen-bond acceptors (Lipinski definition) is 6. The number of carbonyl (C=O) groups is 1. The summed E-state index contributed by atoms with van der Waals surface area (Å²) >= 11 is 6.05. The Balaban J connectivity index is 1.93. The van der Waals surface area contributed by atoms with Crippen molar-refractivity contribution >= 4 is 39.6 Å². The lowest BCUT2D eigenvalue weighted by Crippen LogP contribution is -2.14. The van der Waals surface area contributed by atoms with E-state index in [0.29, 0.717) is 23.6 Å². The highest BCUT2D eigenvalue weighted by atomic mass is 35.5. The molecule has 126 valence electrons. The highest BCUT2D eigenvalue weighted by Gasteiger charge is 2.18. The third-order valence-corrected chi connectivity index (χ3v) is 3.88. The normalized spacial score (nSPS) is 11.3. The summed E-state index contributed by atoms with van der Waals surface area (Å²) in [6.45, 7) is 2.07. The van der Waals surface area contributed by atoms with Gasteiger partial charge >= 0.3 is 5.97 Å². The summed E-state index contributed by atoms with van der Waals surface area (Å²) in [6.07, 6.45) is 3.25. The van der Waals surface area contributed by atoms with Crippen molar-refractivity contribution in [2.45, 2.75) is 13.5 Å². The zero-order chi connectivity index (χ0) is 17.4. The summed E-state index contributed by atoms with van der Waals surface area (Å²) in [6, 6.07) is 7.73. The maximum atomic E-state index is 11.9. The second kappa shape index (κ2) is 6.14. The number of carbonyl (C=O) groups excluding carboxylic acids is 1. The van der Waals surface area contributed by atoms with Gasteiger partial charge < -0.3 is 9.30 Å². The van der Waals surface area contributed by atoms with Gasteiger partial charge in [-0.1, -0.05) is 18.2 Å². The number of rotatable bonds is 4. The molecule has 0 fully saturated rings. The molecule has 8 nitrogen and oxygen atoms in total. The average Bonchev–Trinajstić information content (AvgIpc) is 3.19. The third kappa shape index (κ3) is 2.70. The molecule has 0 atom stereocenters. The Morgan fingerprint density at radius 1 is 1.28 bits per heavy atom. The topological polar surface area (TPSA) is 87.7 Å². The fourth-order valence-electron chi connectivity index (χ4n) is 2.69. The maximum absolute atomic E-state index is 11.9. The Morgan fingerprint density at radius 3 is 2.96 bits per heavy atom. The number of ether oxygens (including phenoxy) is 1. The first kappa shape index (κ1) is 15.5. The lowest BCUT2D eigenvalue weighted by Gasteiger charge is -2.08. The Labute approximate surface area is 147 Å². The average molecular weight is 357 g/mol. The number of benzene rings is 1. The predicted octanol–water partition coefficient (Wildman–Crippen LogP) is 2.38. The molecule has 0 amide bonds. The van der Waals surface area contributed by atoms with Crippen LogP contribution in [0.25, 0.3) is 27.9 Å². The molecule has 0 N–H and O–H groups in total. The zero-order valence-electron chi connectivity index (χ0n) is 13.3. The standard InChI is InChI=1S/C16H13ClN6O2/c1-2-25-12(24)8-22-9-18-14-13(22)15(21-16(17)20-14)23-11-6-4-3-5-10(11)7-19-23/h3-7,9H,2,8H2,1H3. The van der Waals surface area contributed by atoms with Crippen LogP contribution in [-0.4, -0.2) is 41.9 Å². The van der Waals surface area contributed by atoms with Gasteiger partial charge in [0, 0.05) is 5.39 Å². The summed E-state index contributed by atoms with van der Waals surface area (Å²) < 4.78 is 8.31. The first-order valence-electron chi connectivity index (χ1n) is 7.64. The van der Waals surface area contributed by atoms with Crippen molar-refractivity contribution in [3.05, 3.63) is 42.1 Å². The van der Waals surface area contributed by atoms with Crippen molar-refractivity contribution in [3.63, 3.8) is 0 Å². The van der Waals surface area contributed by atoms with Gasteiger partial charge in [0.25, 0.3) is 0 Å². The van der Waals surface area contributed by atoms with Gasteiger partial charge in [-0.05, 0) is 24.6 Å². The first-order chi connectivity index (χ1) is 12.2. The minimum Gasteiger partial charge on any atom is -0.465 e. The number of fused-ring (bicyclic) bond motifs is 2. The van der Waals surface area contributed by atoms with Crippen LogP contribution in [0.15, 0.2) is 36.8 Å². The summed E-state index contributed by atoms with van der Waals surface area (Å²) in [4.78, 5) is 24.5. The number of imidazole rings is 1. The molecule has 0 spiro atoms. The SMILES string of the molecule is CCOC(=O)Cn1cnc2nc(Cl)nc(-n3ncc4ccccc43)c21. The molecule has 0 saturated carbocycles. The van der Waals surface area contributed by atoms with Crippen LogP contribution in [0.4, 0.5) is 0 Å². The van der Waals surface area contributed by atoms with Crippen LogP contribution >= 0.6 is 11.6 Å². The summed E-state index contributed by atoms with van der Waals surface area (Å²) in [5.74, 6) is 0.0889. The third-order valence-electron chi connectivity index (χ3n) is 3.71. The highest BCUT2D eigenvalue weighted by Crippen LogP contribution is 2.24. The minimum atomic E-state index is -0.368. The molecule has 0 unspecified atom stereocenters. The highest BCUT2D eigenvalue weighted by molar-refractivity contribution is 6.28. The predicted molar refractivity (Wildman–Crippen MR) is 91.6 cm³/mol. The van der Waals surface area contributed by atoms with E-state index in [4.69, 9.17) is 16.3 Å². The summed E-state index contributed by atoms with van der Waals surface area (Å²) in [5, 5.41) is 5.42. The number of hydrogen-bond donors (Lipinski definition) is 0. The van der Waals surface area contributed by atoms with Crippen molar-refractivity contribution in [3.8, 4) is 5.82 Å². The Morgan fingerprint density at radius 2 is 2.12 bits per heavy atom. The van der Waals surface area contributed by atoms with Gasteiger partial charge in [-0.3, -0.25) is 4.79 Å². The Bertz CT molecular complexity index is 1090. The van der Waals surface area contributed by atoms with Crippen LogP contribution in [0.3, 0.4) is 0 Å². The van der Waals surface area contributed by atoms with Gasteiger partial charge in [0.2, 0.25) is 5.28 Å². The van der Waals surface area contributed by atoms with Crippen LogP contribution in [0.5, 0.6) is 0 Å². The molecule has 3 aromatic heterocycles. The fraction of sp³-hybridized carbons (Fsp3) is 0.188. The monoisotopic (exact) mass is 356 g/mol. The number of nitrogens with zero attached hydrogens (tertiary/aromatic N) is 6. The van der Waals surface area contributed by atoms with Crippen molar-refractivity contribution in [1.82, 2.24) is 29.3 Å². The summed E-state index contributed by atoms with van der Waals surface area (Å²) in [7, 11) is 0. The van der Waals surface area contributed by atoms with E-state index in [1.807, 2.05) is 24.3 Å². The van der Waals surface area contributed by atoms with E-state index in [9.17, 15) is 4.79 Å². The van der Waals surface area contributed by atoms with Crippen LogP contribution < -0.4 is 0 Å². The van der Waals surface area contributed by atoms with E-state index >= 15 is 0 Å². The van der Waals surface area contributed by atoms with Gasteiger partial charge in [0.15, 0.2) is 11.5 Å². The molecule has 3 heterocycles. The quantitative estimate of drug-likeness (QED) is 0.412. The van der Waals surface area contributed by atoms with E-state index in [1.54, 1.807) is 22.4 Å². The van der Waals surface area contributed by atoms with Gasteiger partial charge in [0.05, 0.1) is 24.6 Å². The second-order valence-electron chi connectivity index (χ2n) is 5.28. The van der Waals surface area contributed by atoms with E-state index < -0.39 is 0 Å². The molecule has 1 aromatic carbocycles. The summed E-state index contributed by atoms with van der Waals surface area (Å²) in [5.41, 5.74) is 1.81. The first-order valence-corrected chi connectivity index (χ1v) is 8.02. The van der Waals surface area contributed by atoms with E-state index in [1.165, 1.54) is 6.33 Å². The molecule has 4 rings (SSSR count). The van der Waals surface area contributed by atoms with Crippen LogP contribution in [0.1, 0.15) is 6.92 Å². The van der Waals surface area contributed by atoms with Crippen molar-refractivity contribution in [2.75, 3.05) is 6.61 Å². The number of aromatic nitrogens is 6. The molecule has 0 radical (unpaired) electrons. The van der Waals surface area contributed by atoms with Gasteiger partial charge in [0.1, 0.15) is 12.1 Å². The van der Waals surface area contributed by atoms with Crippen molar-refractivity contribution < 1.29 is 9.53 Å². The van der Waals surface area contributed by atoms with E-state index in [-0.39, 0.29) is 17.8 Å². The molecular formula is C16H13ClN6O2. The van der Waals surface area contributed by atoms with Crippen molar-refractivity contribution in [1.29, 1.82) is 0 Å². The molecule has 0 aliphatic rings. The number of halogens is 1. The van der Waals surface area contributed by atoms with Gasteiger partial charge in [-0.15, -0.1) is 0 Å². The molecule has 0 bridgehead atoms.